The number of ketones is 2. The SMILES string of the molecule is CCc1ccc(-c2cc(N(C)C)c3c(c2O)C(=O)C2=C(O)[C@]4(O)C(=O)C(C(N)=O)=C(O)C(N(C)C)[C@H]4C[C@H]2C3)cc1. The molecule has 5 rings (SSSR count). The zero-order chi connectivity index (χ0) is 30.1. The van der Waals surface area contributed by atoms with Crippen LogP contribution in [0.25, 0.3) is 11.1 Å². The Morgan fingerprint density at radius 2 is 1.71 bits per heavy atom. The van der Waals surface area contributed by atoms with Crippen LogP contribution >= 0.6 is 0 Å². The summed E-state index contributed by atoms with van der Waals surface area (Å²) in [6.45, 7) is 2.04. The predicted molar refractivity (Wildman–Crippen MR) is 153 cm³/mol. The van der Waals surface area contributed by atoms with E-state index in [2.05, 4.69) is 0 Å². The summed E-state index contributed by atoms with van der Waals surface area (Å²) in [6, 6.07) is 8.43. The van der Waals surface area contributed by atoms with Crippen molar-refractivity contribution in [3.05, 3.63) is 69.7 Å². The van der Waals surface area contributed by atoms with Crippen LogP contribution < -0.4 is 10.6 Å². The highest BCUT2D eigenvalue weighted by Crippen LogP contribution is 2.54. The summed E-state index contributed by atoms with van der Waals surface area (Å²) in [5.74, 6) is -6.64. The Bertz CT molecular complexity index is 1550. The van der Waals surface area contributed by atoms with E-state index < -0.39 is 58.0 Å². The number of rotatable bonds is 5. The topological polar surface area (TPSA) is 165 Å². The number of phenolic OH excluding ortho intramolecular Hbond substituents is 1. The molecule has 0 fully saturated rings. The highest BCUT2D eigenvalue weighted by atomic mass is 16.3. The van der Waals surface area contributed by atoms with E-state index in [0.717, 1.165) is 12.0 Å². The van der Waals surface area contributed by atoms with Gasteiger partial charge in [-0.3, -0.25) is 19.3 Å². The number of carbonyl (C=O) groups excluding carboxylic acids is 3. The molecule has 0 bridgehead atoms. The summed E-state index contributed by atoms with van der Waals surface area (Å²) >= 11 is 0. The van der Waals surface area contributed by atoms with Crippen molar-refractivity contribution in [1.29, 1.82) is 0 Å². The number of allylic oxidation sites excluding steroid dienone is 1. The Balaban J connectivity index is 1.74. The van der Waals surface area contributed by atoms with Gasteiger partial charge in [-0.05, 0) is 62.0 Å². The molecule has 0 spiro atoms. The van der Waals surface area contributed by atoms with Gasteiger partial charge in [0, 0.05) is 36.8 Å². The molecule has 10 heteroatoms. The lowest BCUT2D eigenvalue weighted by molar-refractivity contribution is -0.148. The molecule has 216 valence electrons. The molecule has 3 aliphatic carbocycles. The Labute approximate surface area is 238 Å². The van der Waals surface area contributed by atoms with Crippen LogP contribution in [0, 0.1) is 11.8 Å². The van der Waals surface area contributed by atoms with Crippen molar-refractivity contribution in [1.82, 2.24) is 4.90 Å². The van der Waals surface area contributed by atoms with Crippen molar-refractivity contribution in [3.63, 3.8) is 0 Å². The number of phenols is 1. The number of aliphatic hydroxyl groups excluding tert-OH is 2. The number of hydrogen-bond acceptors (Lipinski definition) is 9. The van der Waals surface area contributed by atoms with E-state index in [0.29, 0.717) is 22.4 Å². The number of hydrogen-bond donors (Lipinski definition) is 5. The molecule has 1 amide bonds. The number of likely N-dealkylation sites (N-methyl/N-ethyl adjacent to an activating group) is 1. The van der Waals surface area contributed by atoms with Crippen LogP contribution in [-0.4, -0.2) is 82.6 Å². The standard InChI is InChI=1S/C31H35N3O7/c1-6-14-7-9-15(10-8-14)17-13-20(33(2)3)18-11-16-12-19-24(34(4)5)27(37)23(30(32)40)29(39)31(19,41)28(38)21(16)26(36)22(18)25(17)35/h7-10,13,16,19,24,35,37-38,41H,6,11-12H2,1-5H3,(H2,32,40)/t16-,19-,24?,31+/m1/s1. The fourth-order valence-electron chi connectivity index (χ4n) is 6.84. The molecule has 3 aliphatic rings. The molecule has 0 aliphatic heterocycles. The number of nitrogens with two attached hydrogens (primary N) is 1. The molecule has 0 saturated heterocycles. The van der Waals surface area contributed by atoms with Gasteiger partial charge in [0.05, 0.1) is 11.6 Å². The molecule has 2 aromatic rings. The number of carbonyl (C=O) groups is 3. The smallest absolute Gasteiger partial charge is 0.255 e. The minimum absolute atomic E-state index is 0.00782. The first-order valence-corrected chi connectivity index (χ1v) is 13.6. The number of aromatic hydroxyl groups is 1. The zero-order valence-corrected chi connectivity index (χ0v) is 23.7. The molecule has 0 saturated carbocycles. The van der Waals surface area contributed by atoms with Crippen molar-refractivity contribution in [2.45, 2.75) is 37.8 Å². The molecule has 41 heavy (non-hydrogen) atoms. The van der Waals surface area contributed by atoms with Gasteiger partial charge in [-0.2, -0.15) is 0 Å². The molecule has 10 nitrogen and oxygen atoms in total. The predicted octanol–water partition coefficient (Wildman–Crippen LogP) is 2.42. The van der Waals surface area contributed by atoms with Crippen LogP contribution in [0.3, 0.4) is 0 Å². The van der Waals surface area contributed by atoms with E-state index in [1.807, 2.05) is 56.3 Å². The van der Waals surface area contributed by atoms with Gasteiger partial charge in [-0.15, -0.1) is 0 Å². The second-order valence-electron chi connectivity index (χ2n) is 11.6. The highest BCUT2D eigenvalue weighted by molar-refractivity contribution is 6.25. The molecule has 4 atom stereocenters. The largest absolute Gasteiger partial charge is 0.510 e. The van der Waals surface area contributed by atoms with Crippen molar-refractivity contribution in [2.75, 3.05) is 33.1 Å². The van der Waals surface area contributed by atoms with Crippen LogP contribution in [0.1, 0.15) is 34.8 Å². The van der Waals surface area contributed by atoms with Gasteiger partial charge in [0.15, 0.2) is 11.4 Å². The van der Waals surface area contributed by atoms with Gasteiger partial charge in [0.25, 0.3) is 5.91 Å². The van der Waals surface area contributed by atoms with Crippen molar-refractivity contribution in [2.24, 2.45) is 17.6 Å². The Kier molecular flexibility index (Phi) is 6.74. The van der Waals surface area contributed by atoms with Crippen molar-refractivity contribution >= 4 is 23.2 Å². The molecule has 2 aromatic carbocycles. The summed E-state index contributed by atoms with van der Waals surface area (Å²) < 4.78 is 0. The van der Waals surface area contributed by atoms with Crippen molar-refractivity contribution < 1.29 is 34.8 Å². The van der Waals surface area contributed by atoms with Gasteiger partial charge >= 0.3 is 0 Å². The molecule has 0 heterocycles. The zero-order valence-electron chi connectivity index (χ0n) is 23.7. The van der Waals surface area contributed by atoms with Crippen molar-refractivity contribution in [3.8, 4) is 16.9 Å². The number of fused-ring (bicyclic) bond motifs is 3. The van der Waals surface area contributed by atoms with Crippen LogP contribution in [0.4, 0.5) is 5.69 Å². The first-order valence-electron chi connectivity index (χ1n) is 13.6. The lowest BCUT2D eigenvalue weighted by Gasteiger charge is -2.50. The van der Waals surface area contributed by atoms with Gasteiger partial charge in [-0.25, -0.2) is 0 Å². The summed E-state index contributed by atoms with van der Waals surface area (Å²) in [5, 5.41) is 45.8. The van der Waals surface area contributed by atoms with E-state index in [1.54, 1.807) is 14.1 Å². The normalized spacial score (nSPS) is 25.7. The second-order valence-corrected chi connectivity index (χ2v) is 11.6. The fraction of sp³-hybridized carbons (Fsp3) is 0.387. The van der Waals surface area contributed by atoms with Crippen LogP contribution in [-0.2, 0) is 22.4 Å². The number of Topliss-reactive ketones (excluding diaryl/α,β-unsaturated/α-hetero) is 2. The van der Waals surface area contributed by atoms with Gasteiger partial charge in [0.1, 0.15) is 22.8 Å². The van der Waals surface area contributed by atoms with E-state index in [9.17, 15) is 34.8 Å². The average Bonchev–Trinajstić information content (AvgIpc) is 2.90. The number of benzene rings is 2. The minimum atomic E-state index is -2.67. The van der Waals surface area contributed by atoms with Crippen LogP contribution in [0.15, 0.2) is 53.0 Å². The Morgan fingerprint density at radius 3 is 2.24 bits per heavy atom. The summed E-state index contributed by atoms with van der Waals surface area (Å²) in [7, 11) is 6.87. The third kappa shape index (κ3) is 3.96. The Hall–Kier alpha value is -4.15. The number of aryl methyl sites for hydroxylation is 1. The lowest BCUT2D eigenvalue weighted by atomic mass is 9.58. The monoisotopic (exact) mass is 561 g/mol. The molecule has 6 N–H and O–H groups in total. The number of primary amides is 1. The minimum Gasteiger partial charge on any atom is -0.510 e. The average molecular weight is 562 g/mol. The van der Waals surface area contributed by atoms with Gasteiger partial charge < -0.3 is 31.1 Å². The Morgan fingerprint density at radius 1 is 1.07 bits per heavy atom. The van der Waals surface area contributed by atoms with E-state index in [4.69, 9.17) is 5.73 Å². The van der Waals surface area contributed by atoms with Crippen LogP contribution in [0.5, 0.6) is 5.75 Å². The number of aliphatic hydroxyl groups is 3. The first-order chi connectivity index (χ1) is 19.2. The number of amides is 1. The maximum atomic E-state index is 14.2. The maximum Gasteiger partial charge on any atom is 0.255 e. The molecule has 1 unspecified atom stereocenters. The van der Waals surface area contributed by atoms with Gasteiger partial charge in [-0.1, -0.05) is 31.2 Å². The first kappa shape index (κ1) is 28.4. The van der Waals surface area contributed by atoms with Gasteiger partial charge in [0.2, 0.25) is 5.78 Å². The quantitative estimate of drug-likeness (QED) is 0.345. The summed E-state index contributed by atoms with van der Waals surface area (Å²) in [5.41, 5.74) is 5.26. The highest BCUT2D eigenvalue weighted by Gasteiger charge is 2.63. The number of anilines is 1. The third-order valence-electron chi connectivity index (χ3n) is 8.85. The molecule has 0 radical (unpaired) electrons. The van der Waals surface area contributed by atoms with E-state index in [1.165, 1.54) is 4.90 Å². The molecular formula is C31H35N3O7. The van der Waals surface area contributed by atoms with E-state index in [-0.39, 0.29) is 29.7 Å². The van der Waals surface area contributed by atoms with Crippen LogP contribution in [0.2, 0.25) is 0 Å². The maximum absolute atomic E-state index is 14.2. The summed E-state index contributed by atoms with van der Waals surface area (Å²) in [4.78, 5) is 43.2. The fourth-order valence-corrected chi connectivity index (χ4v) is 6.84. The summed E-state index contributed by atoms with van der Waals surface area (Å²) in [6.07, 6.45) is 1.11. The number of nitrogens with zero attached hydrogens (tertiary/aromatic N) is 2. The lowest BCUT2D eigenvalue weighted by Crippen LogP contribution is -2.63. The molecular weight excluding hydrogens is 526 g/mol. The van der Waals surface area contributed by atoms with E-state index >= 15 is 0 Å². The third-order valence-corrected chi connectivity index (χ3v) is 8.85. The second kappa shape index (κ2) is 9.74. The molecule has 0 aromatic heterocycles.